The number of thiophene rings is 1. The van der Waals surface area contributed by atoms with Crippen LogP contribution >= 0.6 is 11.3 Å². The monoisotopic (exact) mass is 310 g/mol. The smallest absolute Gasteiger partial charge is 0.243 e. The first kappa shape index (κ1) is 15.0. The number of sulfonamides is 1. The van der Waals surface area contributed by atoms with E-state index in [4.69, 9.17) is 5.73 Å². The molecule has 2 rings (SSSR count). The Balaban J connectivity index is 2.42. The van der Waals surface area contributed by atoms with Crippen molar-refractivity contribution in [2.24, 2.45) is 0 Å². The zero-order valence-corrected chi connectivity index (χ0v) is 13.4. The summed E-state index contributed by atoms with van der Waals surface area (Å²) in [6.45, 7) is 3.90. The second kappa shape index (κ2) is 5.55. The third kappa shape index (κ3) is 2.72. The minimum absolute atomic E-state index is 0.316. The highest BCUT2D eigenvalue weighted by Gasteiger charge is 2.25. The van der Waals surface area contributed by atoms with Crippen LogP contribution in [0.2, 0.25) is 0 Å². The molecule has 4 nitrogen and oxygen atoms in total. The average Bonchev–Trinajstić information content (AvgIpc) is 2.87. The first-order chi connectivity index (χ1) is 9.34. The largest absolute Gasteiger partial charge is 0.398 e. The van der Waals surface area contributed by atoms with Crippen molar-refractivity contribution in [2.75, 3.05) is 12.8 Å². The van der Waals surface area contributed by atoms with Gasteiger partial charge in [0.25, 0.3) is 0 Å². The lowest BCUT2D eigenvalue weighted by Crippen LogP contribution is -2.27. The average molecular weight is 310 g/mol. The van der Waals surface area contributed by atoms with E-state index < -0.39 is 10.0 Å². The zero-order chi connectivity index (χ0) is 14.9. The van der Waals surface area contributed by atoms with E-state index in [1.807, 2.05) is 17.5 Å². The molecule has 0 atom stereocenters. The highest BCUT2D eigenvalue weighted by molar-refractivity contribution is 7.89. The van der Waals surface area contributed by atoms with Crippen LogP contribution in [0.4, 0.5) is 5.69 Å². The Morgan fingerprint density at radius 1 is 1.25 bits per heavy atom. The van der Waals surface area contributed by atoms with Crippen molar-refractivity contribution in [3.63, 3.8) is 0 Å². The number of benzene rings is 1. The topological polar surface area (TPSA) is 63.4 Å². The molecule has 0 aliphatic rings. The van der Waals surface area contributed by atoms with Crippen LogP contribution in [0, 0.1) is 13.8 Å². The highest BCUT2D eigenvalue weighted by atomic mass is 32.2. The Kier molecular flexibility index (Phi) is 4.17. The van der Waals surface area contributed by atoms with Crippen molar-refractivity contribution in [1.82, 2.24) is 4.31 Å². The van der Waals surface area contributed by atoms with E-state index in [2.05, 4.69) is 0 Å². The molecule has 20 heavy (non-hydrogen) atoms. The maximum absolute atomic E-state index is 12.7. The molecule has 1 heterocycles. The predicted molar refractivity (Wildman–Crippen MR) is 83.3 cm³/mol. The molecular formula is C14H18N2O2S2. The van der Waals surface area contributed by atoms with Gasteiger partial charge in [-0.05, 0) is 42.5 Å². The van der Waals surface area contributed by atoms with Gasteiger partial charge in [-0.3, -0.25) is 0 Å². The van der Waals surface area contributed by atoms with E-state index >= 15 is 0 Å². The third-order valence-electron chi connectivity index (χ3n) is 3.27. The molecule has 0 saturated heterocycles. The van der Waals surface area contributed by atoms with E-state index in [0.717, 1.165) is 10.4 Å². The summed E-state index contributed by atoms with van der Waals surface area (Å²) in [5.74, 6) is 0. The zero-order valence-electron chi connectivity index (χ0n) is 11.8. The quantitative estimate of drug-likeness (QED) is 0.883. The second-order valence-corrected chi connectivity index (χ2v) is 7.78. The Hall–Kier alpha value is -1.37. The van der Waals surface area contributed by atoms with Gasteiger partial charge < -0.3 is 5.73 Å². The molecule has 108 valence electrons. The Morgan fingerprint density at radius 2 is 1.95 bits per heavy atom. The van der Waals surface area contributed by atoms with Gasteiger partial charge in [0, 0.05) is 24.2 Å². The molecular weight excluding hydrogens is 292 g/mol. The minimum Gasteiger partial charge on any atom is -0.398 e. The van der Waals surface area contributed by atoms with Crippen molar-refractivity contribution in [3.05, 3.63) is 45.6 Å². The van der Waals surface area contributed by atoms with Crippen LogP contribution in [0.5, 0.6) is 0 Å². The van der Waals surface area contributed by atoms with Crippen LogP contribution in [0.15, 0.2) is 34.5 Å². The van der Waals surface area contributed by atoms with Gasteiger partial charge in [-0.15, -0.1) is 11.3 Å². The second-order valence-electron chi connectivity index (χ2n) is 4.77. The fourth-order valence-electron chi connectivity index (χ4n) is 2.10. The van der Waals surface area contributed by atoms with Gasteiger partial charge in [0.15, 0.2) is 0 Å². The molecule has 0 aliphatic heterocycles. The Bertz CT molecular complexity index is 707. The SMILES string of the molecule is Cc1ccc(N)c(C)c1S(=O)(=O)N(C)Cc1cccs1. The van der Waals surface area contributed by atoms with E-state index in [-0.39, 0.29) is 0 Å². The lowest BCUT2D eigenvalue weighted by molar-refractivity contribution is 0.469. The van der Waals surface area contributed by atoms with Crippen LogP contribution < -0.4 is 5.73 Å². The number of nitrogens with two attached hydrogens (primary N) is 1. The molecule has 0 unspecified atom stereocenters. The Labute approximate surface area is 123 Å². The predicted octanol–water partition coefficient (Wildman–Crippen LogP) is 2.77. The molecule has 1 aromatic carbocycles. The molecule has 0 bridgehead atoms. The number of hydrogen-bond donors (Lipinski definition) is 1. The molecule has 0 fully saturated rings. The van der Waals surface area contributed by atoms with E-state index in [1.54, 1.807) is 44.4 Å². The number of anilines is 1. The van der Waals surface area contributed by atoms with Gasteiger partial charge in [0.2, 0.25) is 10.0 Å². The molecule has 2 aromatic rings. The van der Waals surface area contributed by atoms with Gasteiger partial charge in [0.05, 0.1) is 4.90 Å². The lowest BCUT2D eigenvalue weighted by Gasteiger charge is -2.20. The van der Waals surface area contributed by atoms with Gasteiger partial charge in [0.1, 0.15) is 0 Å². The van der Waals surface area contributed by atoms with Crippen LogP contribution in [-0.2, 0) is 16.6 Å². The molecule has 0 spiro atoms. The summed E-state index contributed by atoms with van der Waals surface area (Å²) >= 11 is 1.54. The number of nitrogens with zero attached hydrogens (tertiary/aromatic N) is 1. The molecule has 1 aromatic heterocycles. The molecule has 0 radical (unpaired) electrons. The molecule has 2 N–H and O–H groups in total. The van der Waals surface area contributed by atoms with Crippen molar-refractivity contribution in [1.29, 1.82) is 0 Å². The number of hydrogen-bond acceptors (Lipinski definition) is 4. The molecule has 0 aliphatic carbocycles. The summed E-state index contributed by atoms with van der Waals surface area (Å²) in [7, 11) is -1.94. The fourth-order valence-corrected chi connectivity index (χ4v) is 4.54. The normalized spacial score (nSPS) is 12.0. The minimum atomic E-state index is -3.54. The van der Waals surface area contributed by atoms with E-state index in [1.165, 1.54) is 4.31 Å². The van der Waals surface area contributed by atoms with Gasteiger partial charge in [-0.1, -0.05) is 12.1 Å². The maximum atomic E-state index is 12.7. The molecule has 0 saturated carbocycles. The van der Waals surface area contributed by atoms with Crippen molar-refractivity contribution in [2.45, 2.75) is 25.3 Å². The van der Waals surface area contributed by atoms with Gasteiger partial charge in [-0.2, -0.15) is 4.31 Å². The van der Waals surface area contributed by atoms with Crippen LogP contribution in [0.1, 0.15) is 16.0 Å². The summed E-state index contributed by atoms with van der Waals surface area (Å²) in [4.78, 5) is 1.33. The van der Waals surface area contributed by atoms with E-state index in [0.29, 0.717) is 22.7 Å². The highest BCUT2D eigenvalue weighted by Crippen LogP contribution is 2.28. The Morgan fingerprint density at radius 3 is 2.55 bits per heavy atom. The summed E-state index contributed by atoms with van der Waals surface area (Å²) in [5, 5.41) is 1.94. The summed E-state index contributed by atoms with van der Waals surface area (Å²) in [5.41, 5.74) is 7.67. The number of nitrogen functional groups attached to an aromatic ring is 1. The third-order valence-corrected chi connectivity index (χ3v) is 6.23. The number of rotatable bonds is 4. The van der Waals surface area contributed by atoms with Crippen molar-refractivity contribution >= 4 is 27.0 Å². The van der Waals surface area contributed by atoms with Crippen molar-refractivity contribution < 1.29 is 8.42 Å². The number of aryl methyl sites for hydroxylation is 1. The summed E-state index contributed by atoms with van der Waals surface area (Å²) in [6, 6.07) is 7.32. The standard InChI is InChI=1S/C14H18N2O2S2/c1-10-6-7-13(15)11(2)14(10)20(17,18)16(3)9-12-5-4-8-19-12/h4-8H,9,15H2,1-3H3. The first-order valence-corrected chi connectivity index (χ1v) is 8.50. The molecule has 0 amide bonds. The summed E-state index contributed by atoms with van der Waals surface area (Å²) in [6.07, 6.45) is 0. The van der Waals surface area contributed by atoms with Crippen LogP contribution in [0.25, 0.3) is 0 Å². The fraction of sp³-hybridized carbons (Fsp3) is 0.286. The maximum Gasteiger partial charge on any atom is 0.243 e. The van der Waals surface area contributed by atoms with Gasteiger partial charge >= 0.3 is 0 Å². The lowest BCUT2D eigenvalue weighted by atomic mass is 10.1. The van der Waals surface area contributed by atoms with Gasteiger partial charge in [-0.25, -0.2) is 8.42 Å². The summed E-state index contributed by atoms with van der Waals surface area (Å²) < 4.78 is 26.8. The van der Waals surface area contributed by atoms with E-state index in [9.17, 15) is 8.42 Å². The van der Waals surface area contributed by atoms with Crippen molar-refractivity contribution in [3.8, 4) is 0 Å². The molecule has 6 heteroatoms. The first-order valence-electron chi connectivity index (χ1n) is 6.18. The van der Waals surface area contributed by atoms with Crippen LogP contribution in [-0.4, -0.2) is 19.8 Å². The van der Waals surface area contributed by atoms with Crippen LogP contribution in [0.3, 0.4) is 0 Å².